The molecular weight excluding hydrogens is 285 g/mol. The molecule has 2 rings (SSSR count). The summed E-state index contributed by atoms with van der Waals surface area (Å²) in [7, 11) is 1.41. The molecule has 0 saturated carbocycles. The summed E-state index contributed by atoms with van der Waals surface area (Å²) in [6.45, 7) is 0.141. The SMILES string of the molecule is CN1C(=O)CCC(NCc2cccc(C(F)(F)F)c2)C1=O. The van der Waals surface area contributed by atoms with Crippen LogP contribution >= 0.6 is 0 Å². The van der Waals surface area contributed by atoms with Gasteiger partial charge in [0, 0.05) is 20.0 Å². The van der Waals surface area contributed by atoms with Gasteiger partial charge < -0.3 is 5.32 Å². The summed E-state index contributed by atoms with van der Waals surface area (Å²) in [5, 5.41) is 2.91. The number of alkyl halides is 3. The van der Waals surface area contributed by atoms with Gasteiger partial charge in [0.2, 0.25) is 11.8 Å². The molecule has 1 heterocycles. The highest BCUT2D eigenvalue weighted by Gasteiger charge is 2.32. The number of benzene rings is 1. The smallest absolute Gasteiger partial charge is 0.302 e. The van der Waals surface area contributed by atoms with E-state index in [1.54, 1.807) is 6.07 Å². The second-order valence-electron chi connectivity index (χ2n) is 4.96. The van der Waals surface area contributed by atoms with Gasteiger partial charge in [-0.25, -0.2) is 0 Å². The maximum Gasteiger partial charge on any atom is 0.416 e. The zero-order valence-electron chi connectivity index (χ0n) is 11.4. The number of nitrogens with one attached hydrogen (secondary N) is 1. The number of rotatable bonds is 3. The van der Waals surface area contributed by atoms with Gasteiger partial charge >= 0.3 is 6.18 Å². The van der Waals surface area contributed by atoms with Gasteiger partial charge in [-0.3, -0.25) is 14.5 Å². The lowest BCUT2D eigenvalue weighted by Crippen LogP contribution is -2.51. The fraction of sp³-hybridized carbons (Fsp3) is 0.429. The number of carbonyl (C=O) groups is 2. The lowest BCUT2D eigenvalue weighted by atomic mass is 10.0. The molecule has 1 aliphatic heterocycles. The van der Waals surface area contributed by atoms with Gasteiger partial charge in [-0.05, 0) is 18.1 Å². The van der Waals surface area contributed by atoms with E-state index in [-0.39, 0.29) is 24.8 Å². The Hall–Kier alpha value is -1.89. The minimum atomic E-state index is -4.39. The number of imide groups is 1. The minimum absolute atomic E-state index is 0.141. The van der Waals surface area contributed by atoms with E-state index in [1.165, 1.54) is 13.1 Å². The number of amides is 2. The first-order valence-corrected chi connectivity index (χ1v) is 6.49. The number of hydrogen-bond acceptors (Lipinski definition) is 3. The monoisotopic (exact) mass is 300 g/mol. The van der Waals surface area contributed by atoms with Crippen molar-refractivity contribution in [2.45, 2.75) is 31.6 Å². The van der Waals surface area contributed by atoms with Crippen molar-refractivity contribution in [1.82, 2.24) is 10.2 Å². The predicted molar refractivity (Wildman–Crippen MR) is 69.1 cm³/mol. The fourth-order valence-electron chi connectivity index (χ4n) is 2.20. The Morgan fingerprint density at radius 1 is 1.33 bits per heavy atom. The van der Waals surface area contributed by atoms with Crippen LogP contribution in [0.3, 0.4) is 0 Å². The maximum absolute atomic E-state index is 12.6. The number of hydrogen-bond donors (Lipinski definition) is 1. The normalized spacial score (nSPS) is 20.0. The maximum atomic E-state index is 12.6. The lowest BCUT2D eigenvalue weighted by Gasteiger charge is -2.28. The van der Waals surface area contributed by atoms with Crippen LogP contribution in [0.2, 0.25) is 0 Å². The van der Waals surface area contributed by atoms with E-state index in [0.717, 1.165) is 17.0 Å². The molecule has 4 nitrogen and oxygen atoms in total. The van der Waals surface area contributed by atoms with E-state index >= 15 is 0 Å². The van der Waals surface area contributed by atoms with Crippen molar-refractivity contribution >= 4 is 11.8 Å². The summed E-state index contributed by atoms with van der Waals surface area (Å²) in [6, 6.07) is 4.40. The van der Waals surface area contributed by atoms with Gasteiger partial charge in [0.1, 0.15) is 0 Å². The Labute approximate surface area is 119 Å². The Morgan fingerprint density at radius 3 is 2.71 bits per heavy atom. The summed E-state index contributed by atoms with van der Waals surface area (Å²) in [4.78, 5) is 24.2. The molecular formula is C14H15F3N2O2. The molecule has 0 radical (unpaired) electrons. The quantitative estimate of drug-likeness (QED) is 0.868. The van der Waals surface area contributed by atoms with Gasteiger partial charge in [-0.1, -0.05) is 18.2 Å². The molecule has 1 aromatic rings. The number of likely N-dealkylation sites (N-methyl/N-ethyl adjacent to an activating group) is 1. The summed E-state index contributed by atoms with van der Waals surface area (Å²) in [5.74, 6) is -0.588. The van der Waals surface area contributed by atoms with Crippen LogP contribution in [0.15, 0.2) is 24.3 Å². The lowest BCUT2D eigenvalue weighted by molar-refractivity contribution is -0.148. The first-order valence-electron chi connectivity index (χ1n) is 6.49. The van der Waals surface area contributed by atoms with Crippen molar-refractivity contribution in [1.29, 1.82) is 0 Å². The average molecular weight is 300 g/mol. The molecule has 1 N–H and O–H groups in total. The van der Waals surface area contributed by atoms with E-state index in [0.29, 0.717) is 12.0 Å². The third kappa shape index (κ3) is 3.60. The van der Waals surface area contributed by atoms with Crippen LogP contribution in [0.25, 0.3) is 0 Å². The molecule has 1 unspecified atom stereocenters. The molecule has 21 heavy (non-hydrogen) atoms. The molecule has 1 atom stereocenters. The largest absolute Gasteiger partial charge is 0.416 e. The molecule has 114 valence electrons. The van der Waals surface area contributed by atoms with Crippen molar-refractivity contribution in [3.8, 4) is 0 Å². The molecule has 2 amide bonds. The Balaban J connectivity index is 2.00. The third-order valence-electron chi connectivity index (χ3n) is 3.46. The molecule has 0 bridgehead atoms. The number of halogens is 3. The highest BCUT2D eigenvalue weighted by molar-refractivity contribution is 6.00. The van der Waals surface area contributed by atoms with Gasteiger partial charge in [-0.15, -0.1) is 0 Å². The highest BCUT2D eigenvalue weighted by atomic mass is 19.4. The molecule has 1 aliphatic rings. The van der Waals surface area contributed by atoms with Crippen LogP contribution in [-0.2, 0) is 22.3 Å². The number of nitrogens with zero attached hydrogens (tertiary/aromatic N) is 1. The van der Waals surface area contributed by atoms with Gasteiger partial charge in [0.05, 0.1) is 11.6 Å². The molecule has 1 fully saturated rings. The second kappa shape index (κ2) is 5.85. The highest BCUT2D eigenvalue weighted by Crippen LogP contribution is 2.29. The molecule has 1 saturated heterocycles. The van der Waals surface area contributed by atoms with E-state index in [4.69, 9.17) is 0 Å². The molecule has 0 aliphatic carbocycles. The Morgan fingerprint density at radius 2 is 2.05 bits per heavy atom. The van der Waals surface area contributed by atoms with Crippen LogP contribution < -0.4 is 5.32 Å². The molecule has 1 aromatic carbocycles. The molecule has 0 aromatic heterocycles. The predicted octanol–water partition coefficient (Wildman–Crippen LogP) is 1.94. The van der Waals surface area contributed by atoms with Crippen LogP contribution in [0.5, 0.6) is 0 Å². The van der Waals surface area contributed by atoms with Crippen molar-refractivity contribution < 1.29 is 22.8 Å². The van der Waals surface area contributed by atoms with Crippen LogP contribution in [0.1, 0.15) is 24.0 Å². The van der Waals surface area contributed by atoms with Crippen LogP contribution in [0.4, 0.5) is 13.2 Å². The minimum Gasteiger partial charge on any atom is -0.302 e. The number of carbonyl (C=O) groups excluding carboxylic acids is 2. The topological polar surface area (TPSA) is 49.4 Å². The number of piperidine rings is 1. The molecule has 7 heteroatoms. The first kappa shape index (κ1) is 15.5. The fourth-order valence-corrected chi connectivity index (χ4v) is 2.20. The Bertz CT molecular complexity index is 557. The third-order valence-corrected chi connectivity index (χ3v) is 3.46. The van der Waals surface area contributed by atoms with Gasteiger partial charge in [0.15, 0.2) is 0 Å². The van der Waals surface area contributed by atoms with Crippen molar-refractivity contribution in [3.63, 3.8) is 0 Å². The Kier molecular flexibility index (Phi) is 4.32. The summed E-state index contributed by atoms with van der Waals surface area (Å²) >= 11 is 0. The summed E-state index contributed by atoms with van der Waals surface area (Å²) < 4.78 is 37.8. The van der Waals surface area contributed by atoms with E-state index in [2.05, 4.69) is 5.32 Å². The van der Waals surface area contributed by atoms with Crippen molar-refractivity contribution in [2.24, 2.45) is 0 Å². The van der Waals surface area contributed by atoms with Crippen LogP contribution in [-0.4, -0.2) is 29.8 Å². The van der Waals surface area contributed by atoms with Crippen molar-refractivity contribution in [3.05, 3.63) is 35.4 Å². The standard InChI is InChI=1S/C14H15F3N2O2/c1-19-12(20)6-5-11(13(19)21)18-8-9-3-2-4-10(7-9)14(15,16)17/h2-4,7,11,18H,5-6,8H2,1H3. The molecule has 0 spiro atoms. The second-order valence-corrected chi connectivity index (χ2v) is 4.96. The first-order chi connectivity index (χ1) is 9.79. The van der Waals surface area contributed by atoms with Crippen molar-refractivity contribution in [2.75, 3.05) is 7.05 Å². The van der Waals surface area contributed by atoms with E-state index in [9.17, 15) is 22.8 Å². The van der Waals surface area contributed by atoms with Gasteiger partial charge in [-0.2, -0.15) is 13.2 Å². The van der Waals surface area contributed by atoms with Crippen LogP contribution in [0, 0.1) is 0 Å². The summed E-state index contributed by atoms with van der Waals surface area (Å²) in [5.41, 5.74) is -0.277. The van der Waals surface area contributed by atoms with Gasteiger partial charge in [0.25, 0.3) is 0 Å². The summed E-state index contributed by atoms with van der Waals surface area (Å²) in [6.07, 6.45) is -3.77. The van der Waals surface area contributed by atoms with E-state index in [1.807, 2.05) is 0 Å². The zero-order valence-corrected chi connectivity index (χ0v) is 11.4. The average Bonchev–Trinajstić information content (AvgIpc) is 2.43. The van der Waals surface area contributed by atoms with E-state index < -0.39 is 17.8 Å². The zero-order chi connectivity index (χ0) is 15.6. The number of likely N-dealkylation sites (tertiary alicyclic amines) is 1.